The minimum atomic E-state index is -0.109. The van der Waals surface area contributed by atoms with Crippen molar-refractivity contribution < 1.29 is 14.3 Å². The molecule has 2 saturated heterocycles. The van der Waals surface area contributed by atoms with E-state index in [4.69, 9.17) is 4.74 Å². The minimum Gasteiger partial charge on any atom is -0.378 e. The van der Waals surface area contributed by atoms with Gasteiger partial charge in [0.15, 0.2) is 0 Å². The van der Waals surface area contributed by atoms with Crippen LogP contribution in [0.15, 0.2) is 0 Å². The summed E-state index contributed by atoms with van der Waals surface area (Å²) in [6.45, 7) is 7.32. The fraction of sp³-hybridized carbons (Fsp3) is 0.875. The van der Waals surface area contributed by atoms with Gasteiger partial charge in [0, 0.05) is 45.6 Å². The standard InChI is InChI=1S/C16H28N2O3/c1-12(2)11-21-14-5-8-18(9-6-14)16(20)13-4-7-17(3)15(19)10-13/h12-14H,4-11H2,1-3H3. The third-order valence-corrected chi connectivity index (χ3v) is 4.43. The van der Waals surface area contributed by atoms with Crippen LogP contribution in [0.1, 0.15) is 39.5 Å². The molecule has 0 saturated carbocycles. The van der Waals surface area contributed by atoms with Gasteiger partial charge in [0.1, 0.15) is 0 Å². The molecule has 0 N–H and O–H groups in total. The monoisotopic (exact) mass is 296 g/mol. The van der Waals surface area contributed by atoms with Crippen molar-refractivity contribution in [1.29, 1.82) is 0 Å². The van der Waals surface area contributed by atoms with Gasteiger partial charge >= 0.3 is 0 Å². The van der Waals surface area contributed by atoms with Crippen LogP contribution in [0.2, 0.25) is 0 Å². The van der Waals surface area contributed by atoms with Crippen LogP contribution in [0.5, 0.6) is 0 Å². The van der Waals surface area contributed by atoms with E-state index in [1.54, 1.807) is 11.9 Å². The molecule has 0 aromatic heterocycles. The molecule has 0 aromatic rings. The highest BCUT2D eigenvalue weighted by molar-refractivity contribution is 5.86. The van der Waals surface area contributed by atoms with Gasteiger partial charge in [-0.1, -0.05) is 13.8 Å². The Morgan fingerprint density at radius 2 is 1.90 bits per heavy atom. The summed E-state index contributed by atoms with van der Waals surface area (Å²) in [5.41, 5.74) is 0. The first-order valence-corrected chi connectivity index (χ1v) is 8.11. The highest BCUT2D eigenvalue weighted by Gasteiger charge is 2.33. The van der Waals surface area contributed by atoms with Crippen molar-refractivity contribution in [2.45, 2.75) is 45.6 Å². The quantitative estimate of drug-likeness (QED) is 0.790. The topological polar surface area (TPSA) is 49.9 Å². The smallest absolute Gasteiger partial charge is 0.226 e. The Hall–Kier alpha value is -1.10. The van der Waals surface area contributed by atoms with E-state index < -0.39 is 0 Å². The Labute approximate surface area is 127 Å². The van der Waals surface area contributed by atoms with Crippen molar-refractivity contribution >= 4 is 11.8 Å². The highest BCUT2D eigenvalue weighted by Crippen LogP contribution is 2.23. The molecule has 0 bridgehead atoms. The predicted octanol–water partition coefficient (Wildman–Crippen LogP) is 1.52. The van der Waals surface area contributed by atoms with Crippen molar-refractivity contribution in [2.24, 2.45) is 11.8 Å². The molecule has 2 amide bonds. The van der Waals surface area contributed by atoms with Crippen LogP contribution in [0.25, 0.3) is 0 Å². The lowest BCUT2D eigenvalue weighted by Crippen LogP contribution is -2.47. The Balaban J connectivity index is 1.76. The second-order valence-electron chi connectivity index (χ2n) is 6.76. The second-order valence-corrected chi connectivity index (χ2v) is 6.76. The van der Waals surface area contributed by atoms with Gasteiger partial charge in [0.25, 0.3) is 0 Å². The number of rotatable bonds is 4. The summed E-state index contributed by atoms with van der Waals surface area (Å²) in [7, 11) is 1.81. The lowest BCUT2D eigenvalue weighted by molar-refractivity contribution is -0.146. The molecule has 0 aromatic carbocycles. The summed E-state index contributed by atoms with van der Waals surface area (Å²) in [5, 5.41) is 0. The van der Waals surface area contributed by atoms with Crippen molar-refractivity contribution in [1.82, 2.24) is 9.80 Å². The normalized spacial score (nSPS) is 24.8. The molecule has 2 rings (SSSR count). The van der Waals surface area contributed by atoms with Crippen LogP contribution >= 0.6 is 0 Å². The number of amides is 2. The molecule has 2 fully saturated rings. The van der Waals surface area contributed by atoms with Crippen LogP contribution in [0.4, 0.5) is 0 Å². The van der Waals surface area contributed by atoms with Gasteiger partial charge in [0.05, 0.1) is 6.10 Å². The lowest BCUT2D eigenvalue weighted by Gasteiger charge is -2.36. The summed E-state index contributed by atoms with van der Waals surface area (Å²) in [5.74, 6) is 0.699. The molecule has 0 radical (unpaired) electrons. The summed E-state index contributed by atoms with van der Waals surface area (Å²) in [4.78, 5) is 27.9. The molecule has 1 atom stereocenters. The summed E-state index contributed by atoms with van der Waals surface area (Å²) < 4.78 is 5.85. The van der Waals surface area contributed by atoms with Gasteiger partial charge in [-0.3, -0.25) is 9.59 Å². The molecular formula is C16H28N2O3. The molecule has 5 nitrogen and oxygen atoms in total. The Kier molecular flexibility index (Phi) is 5.62. The van der Waals surface area contributed by atoms with E-state index in [1.807, 2.05) is 4.90 Å². The average molecular weight is 296 g/mol. The van der Waals surface area contributed by atoms with Gasteiger partial charge in [-0.05, 0) is 25.2 Å². The van der Waals surface area contributed by atoms with Crippen molar-refractivity contribution in [3.05, 3.63) is 0 Å². The molecule has 1 unspecified atom stereocenters. The van der Waals surface area contributed by atoms with Gasteiger partial charge in [-0.25, -0.2) is 0 Å². The van der Waals surface area contributed by atoms with E-state index in [1.165, 1.54) is 0 Å². The first-order chi connectivity index (χ1) is 9.97. The van der Waals surface area contributed by atoms with Crippen LogP contribution in [-0.4, -0.2) is 61.0 Å². The average Bonchev–Trinajstić information content (AvgIpc) is 2.48. The Morgan fingerprint density at radius 3 is 2.48 bits per heavy atom. The fourth-order valence-corrected chi connectivity index (χ4v) is 2.98. The Bertz CT molecular complexity index is 376. The minimum absolute atomic E-state index is 0.0924. The van der Waals surface area contributed by atoms with Crippen molar-refractivity contribution in [3.63, 3.8) is 0 Å². The number of hydrogen-bond donors (Lipinski definition) is 0. The number of nitrogens with zero attached hydrogens (tertiary/aromatic N) is 2. The molecule has 5 heteroatoms. The van der Waals surface area contributed by atoms with Gasteiger partial charge in [-0.15, -0.1) is 0 Å². The molecule has 120 valence electrons. The molecule has 21 heavy (non-hydrogen) atoms. The zero-order valence-corrected chi connectivity index (χ0v) is 13.5. The fourth-order valence-electron chi connectivity index (χ4n) is 2.98. The SMILES string of the molecule is CC(C)COC1CCN(C(=O)C2CCN(C)C(=O)C2)CC1. The maximum atomic E-state index is 12.5. The van der Waals surface area contributed by atoms with E-state index in [2.05, 4.69) is 13.8 Å². The number of carbonyl (C=O) groups excluding carboxylic acids is 2. The molecule has 2 aliphatic heterocycles. The van der Waals surface area contributed by atoms with Crippen LogP contribution in [0.3, 0.4) is 0 Å². The largest absolute Gasteiger partial charge is 0.378 e. The maximum Gasteiger partial charge on any atom is 0.226 e. The number of ether oxygens (including phenoxy) is 1. The molecule has 2 heterocycles. The first-order valence-electron chi connectivity index (χ1n) is 8.11. The number of likely N-dealkylation sites (tertiary alicyclic amines) is 2. The van der Waals surface area contributed by atoms with Crippen LogP contribution < -0.4 is 0 Å². The van der Waals surface area contributed by atoms with E-state index in [0.29, 0.717) is 18.9 Å². The van der Waals surface area contributed by atoms with Gasteiger partial charge < -0.3 is 14.5 Å². The zero-order chi connectivity index (χ0) is 15.4. The molecule has 0 spiro atoms. The highest BCUT2D eigenvalue weighted by atomic mass is 16.5. The van der Waals surface area contributed by atoms with Gasteiger partial charge in [-0.2, -0.15) is 0 Å². The van der Waals surface area contributed by atoms with Crippen molar-refractivity contribution in [2.75, 3.05) is 33.3 Å². The van der Waals surface area contributed by atoms with E-state index in [9.17, 15) is 9.59 Å². The van der Waals surface area contributed by atoms with E-state index in [-0.39, 0.29) is 23.8 Å². The third kappa shape index (κ3) is 4.43. The van der Waals surface area contributed by atoms with Crippen molar-refractivity contribution in [3.8, 4) is 0 Å². The summed E-state index contributed by atoms with van der Waals surface area (Å²) in [6, 6.07) is 0. The van der Waals surface area contributed by atoms with E-state index >= 15 is 0 Å². The lowest BCUT2D eigenvalue weighted by atomic mass is 9.94. The molecular weight excluding hydrogens is 268 g/mol. The second kappa shape index (κ2) is 7.25. The third-order valence-electron chi connectivity index (χ3n) is 4.43. The zero-order valence-electron chi connectivity index (χ0n) is 13.5. The summed E-state index contributed by atoms with van der Waals surface area (Å²) >= 11 is 0. The number of carbonyl (C=O) groups is 2. The first kappa shape index (κ1) is 16.3. The molecule has 0 aliphatic carbocycles. The Morgan fingerprint density at radius 1 is 1.24 bits per heavy atom. The van der Waals surface area contributed by atoms with E-state index in [0.717, 1.165) is 39.0 Å². The number of hydrogen-bond acceptors (Lipinski definition) is 3. The summed E-state index contributed by atoms with van der Waals surface area (Å²) in [6.07, 6.45) is 3.29. The van der Waals surface area contributed by atoms with Crippen LogP contribution in [0, 0.1) is 11.8 Å². The van der Waals surface area contributed by atoms with Crippen LogP contribution in [-0.2, 0) is 14.3 Å². The predicted molar refractivity (Wildman–Crippen MR) is 80.8 cm³/mol. The van der Waals surface area contributed by atoms with Gasteiger partial charge in [0.2, 0.25) is 11.8 Å². The maximum absolute atomic E-state index is 12.5. The number of piperidine rings is 2. The molecule has 2 aliphatic rings.